The number of esters is 2. The fourth-order valence-corrected chi connectivity index (χ4v) is 6.17. The van der Waals surface area contributed by atoms with Gasteiger partial charge in [-0.1, -0.05) is 136 Å². The van der Waals surface area contributed by atoms with Gasteiger partial charge < -0.3 is 19.5 Å². The first-order valence-electron chi connectivity index (χ1n) is 20.3. The standard InChI is InChI=1S/C40H79NO5/c1-4-7-10-23-30-38(29-22-9-6-3)46-40(44)32-25-19-15-13-17-21-27-34-41(35-36-42)33-26-20-16-12-14-18-24-31-39(43)45-37-28-11-8-5-2/h38,42H,4-37H2,1-3H3. The maximum Gasteiger partial charge on any atom is 0.306 e. The molecule has 0 amide bonds. The van der Waals surface area contributed by atoms with Crippen LogP contribution in [0.15, 0.2) is 0 Å². The minimum Gasteiger partial charge on any atom is -0.466 e. The van der Waals surface area contributed by atoms with Gasteiger partial charge in [-0.3, -0.25) is 9.59 Å². The summed E-state index contributed by atoms with van der Waals surface area (Å²) < 4.78 is 11.2. The highest BCUT2D eigenvalue weighted by atomic mass is 16.5. The maximum atomic E-state index is 12.4. The molecule has 1 N–H and O–H groups in total. The van der Waals surface area contributed by atoms with Gasteiger partial charge in [0.05, 0.1) is 13.2 Å². The number of carbonyl (C=O) groups is 2. The highest BCUT2D eigenvalue weighted by Crippen LogP contribution is 2.17. The van der Waals surface area contributed by atoms with Crippen molar-refractivity contribution < 1.29 is 24.2 Å². The second-order valence-electron chi connectivity index (χ2n) is 13.8. The molecule has 0 spiro atoms. The van der Waals surface area contributed by atoms with E-state index in [2.05, 4.69) is 25.7 Å². The van der Waals surface area contributed by atoms with Gasteiger partial charge in [0, 0.05) is 19.4 Å². The van der Waals surface area contributed by atoms with Crippen molar-refractivity contribution in [3.05, 3.63) is 0 Å². The molecule has 0 radical (unpaired) electrons. The quantitative estimate of drug-likeness (QED) is 0.0531. The van der Waals surface area contributed by atoms with Crippen LogP contribution in [0.4, 0.5) is 0 Å². The molecular weight excluding hydrogens is 574 g/mol. The third-order valence-corrected chi connectivity index (χ3v) is 9.20. The summed E-state index contributed by atoms with van der Waals surface area (Å²) in [5, 5.41) is 9.49. The molecule has 0 fully saturated rings. The first-order chi connectivity index (χ1) is 22.6. The van der Waals surface area contributed by atoms with Gasteiger partial charge in [-0.05, 0) is 70.9 Å². The fourth-order valence-electron chi connectivity index (χ4n) is 6.17. The van der Waals surface area contributed by atoms with Gasteiger partial charge in [-0.2, -0.15) is 0 Å². The summed E-state index contributed by atoms with van der Waals surface area (Å²) in [7, 11) is 0. The van der Waals surface area contributed by atoms with E-state index in [9.17, 15) is 14.7 Å². The van der Waals surface area contributed by atoms with Crippen LogP contribution in [0.25, 0.3) is 0 Å². The summed E-state index contributed by atoms with van der Waals surface area (Å²) >= 11 is 0. The van der Waals surface area contributed by atoms with Crippen LogP contribution in [-0.2, 0) is 19.1 Å². The van der Waals surface area contributed by atoms with Gasteiger partial charge in [-0.15, -0.1) is 0 Å². The maximum absolute atomic E-state index is 12.4. The van der Waals surface area contributed by atoms with Crippen molar-refractivity contribution in [1.82, 2.24) is 4.90 Å². The van der Waals surface area contributed by atoms with Gasteiger partial charge >= 0.3 is 11.9 Å². The molecule has 274 valence electrons. The van der Waals surface area contributed by atoms with E-state index in [0.717, 1.165) is 71.0 Å². The zero-order valence-electron chi connectivity index (χ0n) is 31.1. The number of ether oxygens (including phenoxy) is 2. The lowest BCUT2D eigenvalue weighted by Gasteiger charge is -2.21. The predicted octanol–water partition coefficient (Wildman–Crippen LogP) is 11.1. The van der Waals surface area contributed by atoms with Crippen molar-refractivity contribution in [3.8, 4) is 0 Å². The molecule has 6 nitrogen and oxygen atoms in total. The molecule has 1 unspecified atom stereocenters. The molecule has 0 heterocycles. The summed E-state index contributed by atoms with van der Waals surface area (Å²) in [6, 6.07) is 0. The van der Waals surface area contributed by atoms with Crippen LogP contribution in [0.5, 0.6) is 0 Å². The molecule has 0 bridgehead atoms. The van der Waals surface area contributed by atoms with Crippen LogP contribution >= 0.6 is 0 Å². The number of hydrogen-bond donors (Lipinski definition) is 1. The Balaban J connectivity index is 3.74. The Morgan fingerprint density at radius 3 is 1.43 bits per heavy atom. The molecule has 0 aliphatic carbocycles. The predicted molar refractivity (Wildman–Crippen MR) is 195 cm³/mol. The lowest BCUT2D eigenvalue weighted by Crippen LogP contribution is -2.29. The molecule has 46 heavy (non-hydrogen) atoms. The second-order valence-corrected chi connectivity index (χ2v) is 13.8. The average Bonchev–Trinajstić information content (AvgIpc) is 3.04. The SMILES string of the molecule is CCCCCCOC(=O)CCCCCCCCCN(CCO)CCCCCCCCCC(=O)OC(CCCCC)CCCCCC. The monoisotopic (exact) mass is 654 g/mol. The van der Waals surface area contributed by atoms with E-state index in [0.29, 0.717) is 19.4 Å². The third kappa shape index (κ3) is 32.8. The number of unbranched alkanes of at least 4 members (excludes halogenated alkanes) is 20. The molecule has 1 atom stereocenters. The first kappa shape index (κ1) is 44.9. The van der Waals surface area contributed by atoms with Crippen LogP contribution in [0.3, 0.4) is 0 Å². The van der Waals surface area contributed by atoms with Crippen molar-refractivity contribution in [3.63, 3.8) is 0 Å². The molecular formula is C40H79NO5. The Morgan fingerprint density at radius 2 is 0.913 bits per heavy atom. The van der Waals surface area contributed by atoms with Gasteiger partial charge in [0.2, 0.25) is 0 Å². The third-order valence-electron chi connectivity index (χ3n) is 9.20. The largest absolute Gasteiger partial charge is 0.466 e. The number of aliphatic hydroxyl groups excluding tert-OH is 1. The van der Waals surface area contributed by atoms with Crippen molar-refractivity contribution >= 4 is 11.9 Å². The fraction of sp³-hybridized carbons (Fsp3) is 0.950. The van der Waals surface area contributed by atoms with Crippen LogP contribution in [-0.4, -0.2) is 60.9 Å². The first-order valence-corrected chi connectivity index (χ1v) is 20.3. The van der Waals surface area contributed by atoms with Crippen LogP contribution in [0.1, 0.15) is 207 Å². The minimum atomic E-state index is -0.0240. The summed E-state index contributed by atoms with van der Waals surface area (Å²) in [6.45, 7) is 10.4. The van der Waals surface area contributed by atoms with Gasteiger partial charge in [-0.25, -0.2) is 0 Å². The number of carbonyl (C=O) groups excluding carboxylic acids is 2. The molecule has 0 aliphatic heterocycles. The van der Waals surface area contributed by atoms with E-state index in [1.54, 1.807) is 0 Å². The lowest BCUT2D eigenvalue weighted by molar-refractivity contribution is -0.150. The summed E-state index contributed by atoms with van der Waals surface area (Å²) in [5.41, 5.74) is 0. The Labute approximate surface area is 286 Å². The van der Waals surface area contributed by atoms with E-state index in [-0.39, 0.29) is 24.6 Å². The zero-order valence-corrected chi connectivity index (χ0v) is 31.1. The van der Waals surface area contributed by atoms with E-state index in [1.807, 2.05) is 0 Å². The molecule has 0 rings (SSSR count). The van der Waals surface area contributed by atoms with Crippen molar-refractivity contribution in [2.75, 3.05) is 32.8 Å². The van der Waals surface area contributed by atoms with Crippen molar-refractivity contribution in [1.29, 1.82) is 0 Å². The minimum absolute atomic E-state index is 0.0169. The van der Waals surface area contributed by atoms with Gasteiger partial charge in [0.15, 0.2) is 0 Å². The van der Waals surface area contributed by atoms with Gasteiger partial charge in [0.25, 0.3) is 0 Å². The summed E-state index contributed by atoms with van der Waals surface area (Å²) in [6.07, 6.45) is 32.9. The van der Waals surface area contributed by atoms with Crippen LogP contribution < -0.4 is 0 Å². The smallest absolute Gasteiger partial charge is 0.306 e. The van der Waals surface area contributed by atoms with E-state index in [4.69, 9.17) is 9.47 Å². The molecule has 6 heteroatoms. The Morgan fingerprint density at radius 1 is 0.500 bits per heavy atom. The average molecular weight is 654 g/mol. The van der Waals surface area contributed by atoms with Crippen LogP contribution in [0.2, 0.25) is 0 Å². The second kappa shape index (κ2) is 36.7. The molecule has 0 aromatic heterocycles. The van der Waals surface area contributed by atoms with E-state index < -0.39 is 0 Å². The van der Waals surface area contributed by atoms with Crippen molar-refractivity contribution in [2.24, 2.45) is 0 Å². The highest BCUT2D eigenvalue weighted by molar-refractivity contribution is 5.69. The molecule has 0 saturated carbocycles. The molecule has 0 aromatic rings. The highest BCUT2D eigenvalue weighted by Gasteiger charge is 2.14. The van der Waals surface area contributed by atoms with E-state index in [1.165, 1.54) is 122 Å². The molecule has 0 saturated heterocycles. The van der Waals surface area contributed by atoms with E-state index >= 15 is 0 Å². The lowest BCUT2D eigenvalue weighted by atomic mass is 10.0. The van der Waals surface area contributed by atoms with Crippen molar-refractivity contribution in [2.45, 2.75) is 213 Å². The number of aliphatic hydroxyl groups is 1. The molecule has 0 aromatic carbocycles. The Hall–Kier alpha value is -1.14. The van der Waals surface area contributed by atoms with Crippen LogP contribution in [0, 0.1) is 0 Å². The number of nitrogens with zero attached hydrogens (tertiary/aromatic N) is 1. The number of hydrogen-bond acceptors (Lipinski definition) is 6. The van der Waals surface area contributed by atoms with Gasteiger partial charge in [0.1, 0.15) is 6.10 Å². The normalized spacial score (nSPS) is 12.1. The number of rotatable bonds is 37. The topological polar surface area (TPSA) is 76.1 Å². The Bertz CT molecular complexity index is 643. The zero-order chi connectivity index (χ0) is 33.8. The summed E-state index contributed by atoms with van der Waals surface area (Å²) in [5.74, 6) is -0.00711. The molecule has 0 aliphatic rings. The Kier molecular flexibility index (Phi) is 35.8. The summed E-state index contributed by atoms with van der Waals surface area (Å²) in [4.78, 5) is 26.7.